The number of fused-ring (bicyclic) bond motifs is 2. The first-order chi connectivity index (χ1) is 13.9. The van der Waals surface area contributed by atoms with Gasteiger partial charge in [0.2, 0.25) is 0 Å². The van der Waals surface area contributed by atoms with Gasteiger partial charge in [0.15, 0.2) is 6.10 Å². The Hall–Kier alpha value is -1.91. The number of ether oxygens (including phenoxy) is 1. The topological polar surface area (TPSA) is 55.4 Å². The smallest absolute Gasteiger partial charge is 0.317 e. The van der Waals surface area contributed by atoms with E-state index in [-0.39, 0.29) is 17.8 Å². The van der Waals surface area contributed by atoms with E-state index in [1.165, 1.54) is 37.8 Å². The van der Waals surface area contributed by atoms with E-state index in [4.69, 9.17) is 4.74 Å². The molecule has 0 aromatic heterocycles. The summed E-state index contributed by atoms with van der Waals surface area (Å²) in [5.74, 6) is 1.09. The van der Waals surface area contributed by atoms with Crippen LogP contribution in [0.15, 0.2) is 24.3 Å². The highest BCUT2D eigenvalue weighted by Crippen LogP contribution is 2.49. The summed E-state index contributed by atoms with van der Waals surface area (Å²) in [6, 6.07) is 6.32. The number of carbonyl (C=O) groups excluding carboxylic acids is 2. The molecule has 5 unspecified atom stereocenters. The first-order valence-electron chi connectivity index (χ1n) is 11.2. The lowest BCUT2D eigenvalue weighted by molar-refractivity contribution is -0.160. The molecule has 0 heterocycles. The Morgan fingerprint density at radius 2 is 1.93 bits per heavy atom. The number of hydrogen-bond donors (Lipinski definition) is 1. The Labute approximate surface area is 172 Å². The fraction of sp³-hybridized carbons (Fsp3) is 0.667. The molecule has 5 heteroatoms. The van der Waals surface area contributed by atoms with Gasteiger partial charge in [0, 0.05) is 6.04 Å². The lowest BCUT2D eigenvalue weighted by atomic mass is 9.79. The van der Waals surface area contributed by atoms with Crippen LogP contribution >= 0.6 is 0 Å². The van der Waals surface area contributed by atoms with Crippen molar-refractivity contribution in [2.45, 2.75) is 82.8 Å². The van der Waals surface area contributed by atoms with E-state index < -0.39 is 17.5 Å². The number of amides is 1. The maximum atomic E-state index is 13.8. The minimum atomic E-state index is -0.852. The van der Waals surface area contributed by atoms with E-state index in [9.17, 15) is 14.0 Å². The second kappa shape index (κ2) is 8.08. The molecular weight excluding hydrogens is 369 g/mol. The minimum absolute atomic E-state index is 0.0996. The van der Waals surface area contributed by atoms with E-state index >= 15 is 0 Å². The van der Waals surface area contributed by atoms with Crippen LogP contribution in [-0.2, 0) is 19.7 Å². The third kappa shape index (κ3) is 3.93. The molecule has 1 N–H and O–H groups in total. The van der Waals surface area contributed by atoms with Crippen molar-refractivity contribution >= 4 is 11.9 Å². The Bertz CT molecular complexity index is 773. The summed E-state index contributed by atoms with van der Waals surface area (Å²) in [5, 5.41) is 3.09. The minimum Gasteiger partial charge on any atom is -0.452 e. The molecule has 0 spiro atoms. The molecule has 4 nitrogen and oxygen atoms in total. The number of nitrogens with one attached hydrogen (secondary N) is 1. The van der Waals surface area contributed by atoms with Crippen LogP contribution in [0, 0.1) is 23.6 Å². The predicted octanol–water partition coefficient (Wildman–Crippen LogP) is 4.51. The lowest BCUT2D eigenvalue weighted by Crippen LogP contribution is -2.46. The van der Waals surface area contributed by atoms with Gasteiger partial charge in [0.1, 0.15) is 5.82 Å². The number of carbonyl (C=O) groups is 2. The van der Waals surface area contributed by atoms with Gasteiger partial charge in [-0.1, -0.05) is 31.4 Å². The number of esters is 1. The molecule has 3 fully saturated rings. The largest absolute Gasteiger partial charge is 0.452 e. The average Bonchev–Trinajstić information content (AvgIpc) is 3.44. The second-order valence-corrected chi connectivity index (χ2v) is 9.48. The molecule has 3 aliphatic carbocycles. The van der Waals surface area contributed by atoms with Crippen molar-refractivity contribution in [2.24, 2.45) is 17.8 Å². The maximum Gasteiger partial charge on any atom is 0.317 e. The Morgan fingerprint density at radius 1 is 1.17 bits per heavy atom. The van der Waals surface area contributed by atoms with E-state index in [1.807, 2.05) is 0 Å². The van der Waals surface area contributed by atoms with Crippen LogP contribution in [0.3, 0.4) is 0 Å². The highest BCUT2D eigenvalue weighted by Gasteiger charge is 2.46. The SMILES string of the molecule is CC(OC(=O)C1(c2cccc(F)c2)CCCC1)C(=O)NC(C)C1CC2CCC1C2. The maximum absolute atomic E-state index is 13.8. The molecule has 5 atom stereocenters. The molecule has 1 aromatic rings. The van der Waals surface area contributed by atoms with Crippen LogP contribution in [0.2, 0.25) is 0 Å². The summed E-state index contributed by atoms with van der Waals surface area (Å²) in [6.07, 6.45) is 7.30. The zero-order valence-electron chi connectivity index (χ0n) is 17.5. The van der Waals surface area contributed by atoms with Crippen molar-refractivity contribution in [2.75, 3.05) is 0 Å². The molecule has 2 bridgehead atoms. The number of halogens is 1. The first-order valence-corrected chi connectivity index (χ1v) is 11.2. The zero-order valence-corrected chi connectivity index (χ0v) is 17.5. The van der Waals surface area contributed by atoms with E-state index in [0.717, 1.165) is 24.7 Å². The highest BCUT2D eigenvalue weighted by atomic mass is 19.1. The zero-order chi connectivity index (χ0) is 20.6. The Balaban J connectivity index is 1.39. The summed E-state index contributed by atoms with van der Waals surface area (Å²) >= 11 is 0. The summed E-state index contributed by atoms with van der Waals surface area (Å²) in [5.41, 5.74) is -0.185. The van der Waals surface area contributed by atoms with Crippen molar-refractivity contribution in [3.63, 3.8) is 0 Å². The lowest BCUT2D eigenvalue weighted by Gasteiger charge is -2.31. The fourth-order valence-electron chi connectivity index (χ4n) is 6.06. The van der Waals surface area contributed by atoms with Gasteiger partial charge >= 0.3 is 5.97 Å². The third-order valence-electron chi connectivity index (χ3n) is 7.68. The van der Waals surface area contributed by atoms with Crippen LogP contribution in [0.4, 0.5) is 4.39 Å². The average molecular weight is 402 g/mol. The predicted molar refractivity (Wildman–Crippen MR) is 109 cm³/mol. The van der Waals surface area contributed by atoms with Gasteiger partial charge in [-0.3, -0.25) is 9.59 Å². The quantitative estimate of drug-likeness (QED) is 0.714. The standard InChI is InChI=1S/C24H32FNO3/c1-15(21-13-17-8-9-18(21)12-17)26-22(27)16(2)29-23(28)24(10-3-4-11-24)19-6-5-7-20(25)14-19/h5-7,14-18,21H,3-4,8-13H2,1-2H3,(H,26,27). The number of benzene rings is 1. The van der Waals surface area contributed by atoms with Gasteiger partial charge in [-0.05, 0) is 81.4 Å². The molecular formula is C24H32FNO3. The molecule has 29 heavy (non-hydrogen) atoms. The van der Waals surface area contributed by atoms with Crippen molar-refractivity contribution in [3.05, 3.63) is 35.6 Å². The second-order valence-electron chi connectivity index (χ2n) is 9.48. The van der Waals surface area contributed by atoms with Crippen molar-refractivity contribution in [1.29, 1.82) is 0 Å². The molecule has 0 radical (unpaired) electrons. The van der Waals surface area contributed by atoms with Gasteiger partial charge in [-0.2, -0.15) is 0 Å². The van der Waals surface area contributed by atoms with Crippen LogP contribution in [0.25, 0.3) is 0 Å². The molecule has 1 amide bonds. The van der Waals surface area contributed by atoms with Crippen molar-refractivity contribution in [3.8, 4) is 0 Å². The van der Waals surface area contributed by atoms with Gasteiger partial charge in [-0.15, -0.1) is 0 Å². The summed E-state index contributed by atoms with van der Waals surface area (Å²) in [4.78, 5) is 25.8. The number of hydrogen-bond acceptors (Lipinski definition) is 3. The molecule has 3 saturated carbocycles. The van der Waals surface area contributed by atoms with Crippen molar-refractivity contribution < 1.29 is 18.7 Å². The molecule has 158 valence electrons. The highest BCUT2D eigenvalue weighted by molar-refractivity contribution is 5.88. The Morgan fingerprint density at radius 3 is 2.55 bits per heavy atom. The van der Waals surface area contributed by atoms with E-state index in [2.05, 4.69) is 12.2 Å². The van der Waals surface area contributed by atoms with Gasteiger partial charge in [0.05, 0.1) is 5.41 Å². The molecule has 4 rings (SSSR count). The van der Waals surface area contributed by atoms with Gasteiger partial charge in [-0.25, -0.2) is 4.39 Å². The molecule has 0 aliphatic heterocycles. The van der Waals surface area contributed by atoms with Crippen LogP contribution in [0.1, 0.15) is 70.8 Å². The molecule has 1 aromatic carbocycles. The van der Waals surface area contributed by atoms with Gasteiger partial charge in [0.25, 0.3) is 5.91 Å². The van der Waals surface area contributed by atoms with Crippen LogP contribution in [0.5, 0.6) is 0 Å². The molecule has 3 aliphatic rings. The van der Waals surface area contributed by atoms with Crippen molar-refractivity contribution in [1.82, 2.24) is 5.32 Å². The first kappa shape index (κ1) is 20.4. The van der Waals surface area contributed by atoms with Crippen LogP contribution < -0.4 is 5.32 Å². The van der Waals surface area contributed by atoms with Crippen LogP contribution in [-0.4, -0.2) is 24.0 Å². The fourth-order valence-corrected chi connectivity index (χ4v) is 6.06. The summed E-state index contributed by atoms with van der Waals surface area (Å²) in [7, 11) is 0. The monoisotopic (exact) mass is 401 g/mol. The van der Waals surface area contributed by atoms with Gasteiger partial charge < -0.3 is 10.1 Å². The summed E-state index contributed by atoms with van der Waals surface area (Å²) in [6.45, 7) is 3.71. The van der Waals surface area contributed by atoms with E-state index in [1.54, 1.807) is 19.1 Å². The number of rotatable bonds is 6. The normalized spacial score (nSPS) is 29.4. The van der Waals surface area contributed by atoms with E-state index in [0.29, 0.717) is 24.3 Å². The molecule has 0 saturated heterocycles. The Kier molecular flexibility index (Phi) is 5.67. The third-order valence-corrected chi connectivity index (χ3v) is 7.68. The summed E-state index contributed by atoms with van der Waals surface area (Å²) < 4.78 is 19.4.